The number of anilines is 2. The van der Waals surface area contributed by atoms with Crippen LogP contribution in [0.5, 0.6) is 0 Å². The number of nitrogens with two attached hydrogens (primary N) is 1. The summed E-state index contributed by atoms with van der Waals surface area (Å²) >= 11 is 1.63. The first-order valence-corrected chi connectivity index (χ1v) is 6.52. The molecule has 0 spiro atoms. The summed E-state index contributed by atoms with van der Waals surface area (Å²) in [5.41, 5.74) is 10.9. The number of benzene rings is 1. The molecule has 86 valence electrons. The number of nitrogens with zero attached hydrogens (tertiary/aromatic N) is 2. The van der Waals surface area contributed by atoms with Crippen molar-refractivity contribution in [2.75, 3.05) is 23.7 Å². The molecule has 2 N–H and O–H groups in total. The SMILES string of the molecule is CCCN(CC)c1ccc2scnc2c1N. The predicted octanol–water partition coefficient (Wildman–Crippen LogP) is 3.11. The zero-order chi connectivity index (χ0) is 11.5. The van der Waals surface area contributed by atoms with Gasteiger partial charge in [0.25, 0.3) is 0 Å². The highest BCUT2D eigenvalue weighted by molar-refractivity contribution is 7.16. The van der Waals surface area contributed by atoms with E-state index in [0.29, 0.717) is 0 Å². The first-order chi connectivity index (χ1) is 7.77. The van der Waals surface area contributed by atoms with Crippen molar-refractivity contribution >= 4 is 32.9 Å². The van der Waals surface area contributed by atoms with Crippen LogP contribution < -0.4 is 10.6 Å². The van der Waals surface area contributed by atoms with Crippen LogP contribution in [0.2, 0.25) is 0 Å². The average molecular weight is 235 g/mol. The lowest BCUT2D eigenvalue weighted by atomic mass is 10.2. The number of thiazole rings is 1. The molecule has 0 atom stereocenters. The molecule has 2 rings (SSSR count). The Kier molecular flexibility index (Phi) is 3.29. The average Bonchev–Trinajstić information content (AvgIpc) is 2.76. The molecule has 0 unspecified atom stereocenters. The van der Waals surface area contributed by atoms with Gasteiger partial charge in [-0.15, -0.1) is 11.3 Å². The zero-order valence-electron chi connectivity index (χ0n) is 9.73. The Hall–Kier alpha value is -1.29. The Bertz CT molecular complexity index is 478. The van der Waals surface area contributed by atoms with Crippen molar-refractivity contribution in [1.82, 2.24) is 4.98 Å². The van der Waals surface area contributed by atoms with E-state index in [9.17, 15) is 0 Å². The van der Waals surface area contributed by atoms with Gasteiger partial charge in [-0.05, 0) is 25.5 Å². The summed E-state index contributed by atoms with van der Waals surface area (Å²) in [5, 5.41) is 0. The van der Waals surface area contributed by atoms with Crippen molar-refractivity contribution < 1.29 is 0 Å². The first-order valence-electron chi connectivity index (χ1n) is 5.64. The van der Waals surface area contributed by atoms with E-state index >= 15 is 0 Å². The summed E-state index contributed by atoms with van der Waals surface area (Å²) in [4.78, 5) is 6.62. The van der Waals surface area contributed by atoms with Crippen LogP contribution >= 0.6 is 11.3 Å². The third-order valence-electron chi connectivity index (χ3n) is 2.73. The van der Waals surface area contributed by atoms with Crippen molar-refractivity contribution in [2.24, 2.45) is 0 Å². The van der Waals surface area contributed by atoms with Crippen LogP contribution in [-0.4, -0.2) is 18.1 Å². The maximum absolute atomic E-state index is 6.17. The summed E-state index contributed by atoms with van der Waals surface area (Å²) in [6.45, 7) is 6.35. The van der Waals surface area contributed by atoms with Crippen molar-refractivity contribution in [3.63, 3.8) is 0 Å². The van der Waals surface area contributed by atoms with Crippen LogP contribution in [-0.2, 0) is 0 Å². The lowest BCUT2D eigenvalue weighted by Crippen LogP contribution is -2.24. The Morgan fingerprint density at radius 3 is 2.88 bits per heavy atom. The monoisotopic (exact) mass is 235 g/mol. The Balaban J connectivity index is 2.46. The van der Waals surface area contributed by atoms with Gasteiger partial charge in [-0.3, -0.25) is 0 Å². The molecule has 0 bridgehead atoms. The number of aromatic nitrogens is 1. The second kappa shape index (κ2) is 4.70. The van der Waals surface area contributed by atoms with Gasteiger partial charge in [0.05, 0.1) is 21.6 Å². The molecule has 0 aliphatic carbocycles. The van der Waals surface area contributed by atoms with E-state index in [1.165, 1.54) is 0 Å². The third-order valence-corrected chi connectivity index (χ3v) is 3.53. The topological polar surface area (TPSA) is 42.2 Å². The van der Waals surface area contributed by atoms with Gasteiger partial charge < -0.3 is 10.6 Å². The number of hydrogen-bond acceptors (Lipinski definition) is 4. The maximum atomic E-state index is 6.17. The largest absolute Gasteiger partial charge is 0.395 e. The van der Waals surface area contributed by atoms with Crippen LogP contribution in [0.3, 0.4) is 0 Å². The minimum absolute atomic E-state index is 0.814. The van der Waals surface area contributed by atoms with Gasteiger partial charge in [0.1, 0.15) is 5.52 Å². The molecule has 1 aromatic carbocycles. The summed E-state index contributed by atoms with van der Waals surface area (Å²) in [6, 6.07) is 4.21. The molecule has 0 amide bonds. The lowest BCUT2D eigenvalue weighted by molar-refractivity contribution is 0.793. The number of hydrogen-bond donors (Lipinski definition) is 1. The van der Waals surface area contributed by atoms with Gasteiger partial charge >= 0.3 is 0 Å². The highest BCUT2D eigenvalue weighted by atomic mass is 32.1. The zero-order valence-corrected chi connectivity index (χ0v) is 10.5. The van der Waals surface area contributed by atoms with E-state index in [2.05, 4.69) is 35.9 Å². The van der Waals surface area contributed by atoms with E-state index < -0.39 is 0 Å². The first kappa shape index (κ1) is 11.2. The fourth-order valence-corrected chi connectivity index (χ4v) is 2.63. The normalized spacial score (nSPS) is 10.9. The predicted molar refractivity (Wildman–Crippen MR) is 72.2 cm³/mol. The van der Waals surface area contributed by atoms with Crippen molar-refractivity contribution in [3.05, 3.63) is 17.6 Å². The molecule has 3 nitrogen and oxygen atoms in total. The molecule has 1 heterocycles. The molecule has 0 saturated carbocycles. The van der Waals surface area contributed by atoms with E-state index in [1.54, 1.807) is 11.3 Å². The summed E-state index contributed by atoms with van der Waals surface area (Å²) in [7, 11) is 0. The standard InChI is InChI=1S/C12H17N3S/c1-3-7-15(4-2)9-5-6-10-12(11(9)13)14-8-16-10/h5-6,8H,3-4,7,13H2,1-2H3. The number of nitrogen functional groups attached to an aromatic ring is 1. The molecule has 4 heteroatoms. The second-order valence-electron chi connectivity index (χ2n) is 3.78. The van der Waals surface area contributed by atoms with Gasteiger partial charge in [0, 0.05) is 13.1 Å². The van der Waals surface area contributed by atoms with Gasteiger partial charge in [-0.25, -0.2) is 4.98 Å². The van der Waals surface area contributed by atoms with Crippen molar-refractivity contribution in [1.29, 1.82) is 0 Å². The number of fused-ring (bicyclic) bond motifs is 1. The van der Waals surface area contributed by atoms with Gasteiger partial charge in [-0.1, -0.05) is 6.92 Å². The summed E-state index contributed by atoms with van der Waals surface area (Å²) < 4.78 is 1.16. The highest BCUT2D eigenvalue weighted by Crippen LogP contribution is 2.32. The Morgan fingerprint density at radius 1 is 1.38 bits per heavy atom. The van der Waals surface area contributed by atoms with E-state index in [4.69, 9.17) is 5.73 Å². The van der Waals surface area contributed by atoms with Gasteiger partial charge in [-0.2, -0.15) is 0 Å². The van der Waals surface area contributed by atoms with Crippen LogP contribution in [0.4, 0.5) is 11.4 Å². The smallest absolute Gasteiger partial charge is 0.106 e. The molecular formula is C12H17N3S. The van der Waals surface area contributed by atoms with Crippen LogP contribution in [0, 0.1) is 0 Å². The quantitative estimate of drug-likeness (QED) is 0.828. The van der Waals surface area contributed by atoms with E-state index in [0.717, 1.165) is 41.1 Å². The fraction of sp³-hybridized carbons (Fsp3) is 0.417. The highest BCUT2D eigenvalue weighted by Gasteiger charge is 2.11. The molecule has 0 radical (unpaired) electrons. The van der Waals surface area contributed by atoms with E-state index in [-0.39, 0.29) is 0 Å². The molecule has 1 aromatic heterocycles. The molecule has 0 aliphatic heterocycles. The van der Waals surface area contributed by atoms with Gasteiger partial charge in [0.2, 0.25) is 0 Å². The van der Waals surface area contributed by atoms with E-state index in [1.807, 2.05) is 5.51 Å². The lowest BCUT2D eigenvalue weighted by Gasteiger charge is -2.24. The molecule has 0 saturated heterocycles. The van der Waals surface area contributed by atoms with Crippen molar-refractivity contribution in [3.8, 4) is 0 Å². The minimum Gasteiger partial charge on any atom is -0.395 e. The Labute approximate surface area is 99.9 Å². The molecular weight excluding hydrogens is 218 g/mol. The van der Waals surface area contributed by atoms with Crippen LogP contribution in [0.1, 0.15) is 20.3 Å². The molecule has 2 aromatic rings. The Morgan fingerprint density at radius 2 is 2.19 bits per heavy atom. The summed E-state index contributed by atoms with van der Waals surface area (Å²) in [5.74, 6) is 0. The van der Waals surface area contributed by atoms with Crippen molar-refractivity contribution in [2.45, 2.75) is 20.3 Å². The fourth-order valence-electron chi connectivity index (χ4n) is 1.94. The third kappa shape index (κ3) is 1.85. The molecule has 0 fully saturated rings. The molecule has 16 heavy (non-hydrogen) atoms. The second-order valence-corrected chi connectivity index (χ2v) is 4.66. The summed E-state index contributed by atoms with van der Waals surface area (Å²) in [6.07, 6.45) is 1.13. The minimum atomic E-state index is 0.814. The number of rotatable bonds is 4. The van der Waals surface area contributed by atoms with Crippen LogP contribution in [0.25, 0.3) is 10.2 Å². The van der Waals surface area contributed by atoms with Crippen LogP contribution in [0.15, 0.2) is 17.6 Å². The maximum Gasteiger partial charge on any atom is 0.106 e. The molecule has 0 aliphatic rings. The van der Waals surface area contributed by atoms with Gasteiger partial charge in [0.15, 0.2) is 0 Å².